The minimum atomic E-state index is 0.128. The standard InChI is InChI=1S/C14H17ClN4/c1-3-16-14-17-8-7-13(19-14)18-10(2)11-5-4-6-12(15)9-11/h4-10H,3H2,1-2H3,(H2,16,17,18,19). The number of benzene rings is 1. The highest BCUT2D eigenvalue weighted by molar-refractivity contribution is 6.30. The number of halogens is 1. The smallest absolute Gasteiger partial charge is 0.224 e. The van der Waals surface area contributed by atoms with Crippen molar-refractivity contribution in [2.24, 2.45) is 0 Å². The number of aromatic nitrogens is 2. The summed E-state index contributed by atoms with van der Waals surface area (Å²) in [5.41, 5.74) is 1.12. The van der Waals surface area contributed by atoms with Crippen LogP contribution in [0.5, 0.6) is 0 Å². The lowest BCUT2D eigenvalue weighted by Crippen LogP contribution is -2.10. The summed E-state index contributed by atoms with van der Waals surface area (Å²) in [5, 5.41) is 7.16. The maximum Gasteiger partial charge on any atom is 0.224 e. The van der Waals surface area contributed by atoms with E-state index in [0.29, 0.717) is 5.95 Å². The van der Waals surface area contributed by atoms with Gasteiger partial charge in [0, 0.05) is 23.8 Å². The highest BCUT2D eigenvalue weighted by Crippen LogP contribution is 2.21. The molecular weight excluding hydrogens is 260 g/mol. The molecule has 1 heterocycles. The Bertz CT molecular complexity index is 544. The second-order valence-electron chi connectivity index (χ2n) is 4.22. The van der Waals surface area contributed by atoms with Crippen molar-refractivity contribution in [1.82, 2.24) is 9.97 Å². The maximum atomic E-state index is 5.99. The van der Waals surface area contributed by atoms with Crippen LogP contribution in [-0.4, -0.2) is 16.5 Å². The van der Waals surface area contributed by atoms with E-state index in [4.69, 9.17) is 11.6 Å². The molecule has 1 aromatic heterocycles. The Labute approximate surface area is 118 Å². The van der Waals surface area contributed by atoms with Gasteiger partial charge in [-0.2, -0.15) is 4.98 Å². The summed E-state index contributed by atoms with van der Waals surface area (Å²) in [4.78, 5) is 8.52. The summed E-state index contributed by atoms with van der Waals surface area (Å²) >= 11 is 5.99. The molecule has 2 aromatic rings. The van der Waals surface area contributed by atoms with Crippen LogP contribution in [0.1, 0.15) is 25.5 Å². The lowest BCUT2D eigenvalue weighted by atomic mass is 10.1. The van der Waals surface area contributed by atoms with Gasteiger partial charge in [0.05, 0.1) is 0 Å². The largest absolute Gasteiger partial charge is 0.363 e. The minimum absolute atomic E-state index is 0.128. The molecule has 19 heavy (non-hydrogen) atoms. The molecule has 0 fully saturated rings. The van der Waals surface area contributed by atoms with Gasteiger partial charge in [0.15, 0.2) is 0 Å². The molecule has 1 unspecified atom stereocenters. The van der Waals surface area contributed by atoms with Crippen LogP contribution in [0.25, 0.3) is 0 Å². The van der Waals surface area contributed by atoms with Crippen molar-refractivity contribution < 1.29 is 0 Å². The third-order valence-corrected chi connectivity index (χ3v) is 2.94. The molecular formula is C14H17ClN4. The van der Waals surface area contributed by atoms with E-state index in [2.05, 4.69) is 27.5 Å². The van der Waals surface area contributed by atoms with E-state index in [0.717, 1.165) is 22.9 Å². The Morgan fingerprint density at radius 1 is 1.32 bits per heavy atom. The summed E-state index contributed by atoms with van der Waals surface area (Å²) < 4.78 is 0. The van der Waals surface area contributed by atoms with E-state index in [-0.39, 0.29) is 6.04 Å². The van der Waals surface area contributed by atoms with Crippen LogP contribution in [-0.2, 0) is 0 Å². The molecule has 0 bridgehead atoms. The summed E-state index contributed by atoms with van der Waals surface area (Å²) in [6.07, 6.45) is 1.73. The lowest BCUT2D eigenvalue weighted by molar-refractivity contribution is 0.872. The highest BCUT2D eigenvalue weighted by Gasteiger charge is 2.07. The molecule has 4 nitrogen and oxygen atoms in total. The SMILES string of the molecule is CCNc1nccc(NC(C)c2cccc(Cl)c2)n1. The van der Waals surface area contributed by atoms with Gasteiger partial charge in [0.1, 0.15) is 5.82 Å². The summed E-state index contributed by atoms with van der Waals surface area (Å²) in [7, 11) is 0. The first kappa shape index (κ1) is 13.6. The van der Waals surface area contributed by atoms with Crippen LogP contribution in [0.2, 0.25) is 5.02 Å². The average Bonchev–Trinajstić information content (AvgIpc) is 2.39. The quantitative estimate of drug-likeness (QED) is 0.874. The van der Waals surface area contributed by atoms with E-state index in [1.807, 2.05) is 37.3 Å². The fourth-order valence-corrected chi connectivity index (χ4v) is 1.96. The fourth-order valence-electron chi connectivity index (χ4n) is 1.76. The first-order valence-corrected chi connectivity index (χ1v) is 6.65. The van der Waals surface area contributed by atoms with Gasteiger partial charge in [-0.05, 0) is 37.6 Å². The van der Waals surface area contributed by atoms with Gasteiger partial charge in [0.25, 0.3) is 0 Å². The molecule has 5 heteroatoms. The van der Waals surface area contributed by atoms with Crippen molar-refractivity contribution in [2.45, 2.75) is 19.9 Å². The van der Waals surface area contributed by atoms with Crippen molar-refractivity contribution in [3.05, 3.63) is 47.1 Å². The van der Waals surface area contributed by atoms with Crippen LogP contribution < -0.4 is 10.6 Å². The second-order valence-corrected chi connectivity index (χ2v) is 4.65. The molecule has 2 rings (SSSR count). The lowest BCUT2D eigenvalue weighted by Gasteiger charge is -2.15. The second kappa shape index (κ2) is 6.38. The Morgan fingerprint density at radius 3 is 2.89 bits per heavy atom. The van der Waals surface area contributed by atoms with Crippen LogP contribution in [0.3, 0.4) is 0 Å². The van der Waals surface area contributed by atoms with Gasteiger partial charge in [-0.1, -0.05) is 23.7 Å². The number of hydrogen-bond donors (Lipinski definition) is 2. The molecule has 1 aromatic carbocycles. The molecule has 100 valence electrons. The van der Waals surface area contributed by atoms with Crippen LogP contribution >= 0.6 is 11.6 Å². The normalized spacial score (nSPS) is 11.9. The third kappa shape index (κ3) is 3.83. The number of nitrogens with zero attached hydrogens (tertiary/aromatic N) is 2. The van der Waals surface area contributed by atoms with Gasteiger partial charge in [0.2, 0.25) is 5.95 Å². The number of anilines is 2. The average molecular weight is 277 g/mol. The Kier molecular flexibility index (Phi) is 4.58. The van der Waals surface area contributed by atoms with Gasteiger partial charge in [-0.25, -0.2) is 4.98 Å². The van der Waals surface area contributed by atoms with E-state index in [9.17, 15) is 0 Å². The maximum absolute atomic E-state index is 5.99. The molecule has 0 saturated carbocycles. The monoisotopic (exact) mass is 276 g/mol. The van der Waals surface area contributed by atoms with Crippen molar-refractivity contribution in [2.75, 3.05) is 17.2 Å². The van der Waals surface area contributed by atoms with Crippen molar-refractivity contribution in [1.29, 1.82) is 0 Å². The zero-order valence-corrected chi connectivity index (χ0v) is 11.8. The zero-order chi connectivity index (χ0) is 13.7. The fraction of sp³-hybridized carbons (Fsp3) is 0.286. The molecule has 0 spiro atoms. The van der Waals surface area contributed by atoms with Gasteiger partial charge >= 0.3 is 0 Å². The number of hydrogen-bond acceptors (Lipinski definition) is 4. The van der Waals surface area contributed by atoms with E-state index < -0.39 is 0 Å². The zero-order valence-electron chi connectivity index (χ0n) is 11.0. The Balaban J connectivity index is 2.10. The van der Waals surface area contributed by atoms with E-state index in [1.165, 1.54) is 0 Å². The predicted octanol–water partition coefficient (Wildman–Crippen LogP) is 3.73. The minimum Gasteiger partial charge on any atom is -0.363 e. The third-order valence-electron chi connectivity index (χ3n) is 2.70. The molecule has 0 amide bonds. The molecule has 0 saturated heterocycles. The Morgan fingerprint density at radius 2 is 2.16 bits per heavy atom. The summed E-state index contributed by atoms with van der Waals surface area (Å²) in [5.74, 6) is 1.42. The summed E-state index contributed by atoms with van der Waals surface area (Å²) in [6, 6.07) is 9.78. The number of rotatable bonds is 5. The van der Waals surface area contributed by atoms with Crippen molar-refractivity contribution >= 4 is 23.4 Å². The Hall–Kier alpha value is -1.81. The topological polar surface area (TPSA) is 49.8 Å². The molecule has 0 aliphatic carbocycles. The summed E-state index contributed by atoms with van der Waals surface area (Å²) in [6.45, 7) is 4.88. The van der Waals surface area contributed by atoms with Crippen LogP contribution in [0.15, 0.2) is 36.5 Å². The molecule has 0 radical (unpaired) electrons. The molecule has 1 atom stereocenters. The predicted molar refractivity (Wildman–Crippen MR) is 79.7 cm³/mol. The molecule has 2 N–H and O–H groups in total. The van der Waals surface area contributed by atoms with E-state index >= 15 is 0 Å². The van der Waals surface area contributed by atoms with Crippen LogP contribution in [0, 0.1) is 0 Å². The molecule has 0 aliphatic rings. The van der Waals surface area contributed by atoms with Gasteiger partial charge in [-0.15, -0.1) is 0 Å². The van der Waals surface area contributed by atoms with Gasteiger partial charge in [-0.3, -0.25) is 0 Å². The van der Waals surface area contributed by atoms with Crippen LogP contribution in [0.4, 0.5) is 11.8 Å². The molecule has 0 aliphatic heterocycles. The van der Waals surface area contributed by atoms with Crippen molar-refractivity contribution in [3.63, 3.8) is 0 Å². The van der Waals surface area contributed by atoms with Gasteiger partial charge < -0.3 is 10.6 Å². The number of nitrogens with one attached hydrogen (secondary N) is 2. The highest BCUT2D eigenvalue weighted by atomic mass is 35.5. The van der Waals surface area contributed by atoms with E-state index in [1.54, 1.807) is 6.20 Å². The first-order valence-electron chi connectivity index (χ1n) is 6.28. The van der Waals surface area contributed by atoms with Crippen molar-refractivity contribution in [3.8, 4) is 0 Å². The first-order chi connectivity index (χ1) is 9.19.